The number of hydrogen-bond acceptors (Lipinski definition) is 1. The lowest BCUT2D eigenvalue weighted by Gasteiger charge is -2.10. The van der Waals surface area contributed by atoms with Crippen LogP contribution in [-0.2, 0) is 0 Å². The number of carbonyl (C=O) groups is 1. The van der Waals surface area contributed by atoms with Gasteiger partial charge in [0.15, 0.2) is 0 Å². The van der Waals surface area contributed by atoms with Crippen LogP contribution in [0, 0.1) is 5.92 Å². The Labute approximate surface area is 86.6 Å². The second-order valence-electron chi connectivity index (χ2n) is 4.12. The minimum Gasteiger partial charge on any atom is -0.338 e. The van der Waals surface area contributed by atoms with E-state index in [0.717, 1.165) is 31.8 Å². The van der Waals surface area contributed by atoms with Gasteiger partial charge in [0.25, 0.3) is 0 Å². The molecular formula is C11H22N2O. The molecule has 0 heterocycles. The lowest BCUT2D eigenvalue weighted by molar-refractivity contribution is 0.240. The molecule has 1 rings (SSSR count). The summed E-state index contributed by atoms with van der Waals surface area (Å²) in [5, 5.41) is 5.70. The maximum atomic E-state index is 11.2. The maximum absolute atomic E-state index is 11.2. The van der Waals surface area contributed by atoms with Crippen molar-refractivity contribution in [3.63, 3.8) is 0 Å². The van der Waals surface area contributed by atoms with Crippen molar-refractivity contribution in [2.45, 2.75) is 45.4 Å². The summed E-state index contributed by atoms with van der Waals surface area (Å²) in [6, 6.07) is -0.00940. The highest BCUT2D eigenvalue weighted by atomic mass is 16.2. The monoisotopic (exact) mass is 198 g/mol. The van der Waals surface area contributed by atoms with Gasteiger partial charge in [0, 0.05) is 13.1 Å². The van der Waals surface area contributed by atoms with E-state index in [-0.39, 0.29) is 6.03 Å². The van der Waals surface area contributed by atoms with Gasteiger partial charge in [0.1, 0.15) is 0 Å². The van der Waals surface area contributed by atoms with Crippen molar-refractivity contribution in [3.05, 3.63) is 0 Å². The molecule has 0 radical (unpaired) electrons. The molecule has 1 fully saturated rings. The van der Waals surface area contributed by atoms with Crippen molar-refractivity contribution in [1.82, 2.24) is 10.6 Å². The van der Waals surface area contributed by atoms with Crippen molar-refractivity contribution in [2.75, 3.05) is 13.1 Å². The van der Waals surface area contributed by atoms with Crippen LogP contribution in [-0.4, -0.2) is 19.1 Å². The first-order chi connectivity index (χ1) is 6.83. The molecule has 0 aromatic carbocycles. The molecule has 1 aliphatic carbocycles. The molecule has 3 nitrogen and oxygen atoms in total. The molecule has 14 heavy (non-hydrogen) atoms. The lowest BCUT2D eigenvalue weighted by atomic mass is 10.0. The van der Waals surface area contributed by atoms with Crippen LogP contribution in [0.25, 0.3) is 0 Å². The SMILES string of the molecule is CCCNC(=O)NCCC1CCCC1. The first-order valence-corrected chi connectivity index (χ1v) is 5.84. The first-order valence-electron chi connectivity index (χ1n) is 5.84. The molecule has 0 unspecified atom stereocenters. The van der Waals surface area contributed by atoms with Crippen molar-refractivity contribution in [3.8, 4) is 0 Å². The van der Waals surface area contributed by atoms with Crippen molar-refractivity contribution in [1.29, 1.82) is 0 Å². The average Bonchev–Trinajstić information content (AvgIpc) is 2.67. The number of amides is 2. The third kappa shape index (κ3) is 4.49. The fourth-order valence-corrected chi connectivity index (χ4v) is 1.99. The van der Waals surface area contributed by atoms with Crippen LogP contribution in [0.4, 0.5) is 4.79 Å². The molecule has 0 aromatic rings. The van der Waals surface area contributed by atoms with Gasteiger partial charge in [-0.25, -0.2) is 4.79 Å². The zero-order valence-corrected chi connectivity index (χ0v) is 9.14. The lowest BCUT2D eigenvalue weighted by Crippen LogP contribution is -2.36. The Morgan fingerprint density at radius 2 is 1.86 bits per heavy atom. The Morgan fingerprint density at radius 3 is 2.50 bits per heavy atom. The molecule has 82 valence electrons. The van der Waals surface area contributed by atoms with Crippen molar-refractivity contribution >= 4 is 6.03 Å². The largest absolute Gasteiger partial charge is 0.338 e. The van der Waals surface area contributed by atoms with Crippen LogP contribution in [0.1, 0.15) is 45.4 Å². The molecular weight excluding hydrogens is 176 g/mol. The smallest absolute Gasteiger partial charge is 0.314 e. The van der Waals surface area contributed by atoms with E-state index in [1.165, 1.54) is 25.7 Å². The summed E-state index contributed by atoms with van der Waals surface area (Å²) in [7, 11) is 0. The van der Waals surface area contributed by atoms with E-state index in [0.29, 0.717) is 0 Å². The van der Waals surface area contributed by atoms with E-state index < -0.39 is 0 Å². The second-order valence-corrected chi connectivity index (χ2v) is 4.12. The molecule has 1 saturated carbocycles. The predicted molar refractivity (Wildman–Crippen MR) is 58.3 cm³/mol. The highest BCUT2D eigenvalue weighted by Gasteiger charge is 2.14. The van der Waals surface area contributed by atoms with E-state index in [1.54, 1.807) is 0 Å². The Hall–Kier alpha value is -0.730. The molecule has 2 N–H and O–H groups in total. The van der Waals surface area contributed by atoms with Crippen LogP contribution in [0.2, 0.25) is 0 Å². The van der Waals surface area contributed by atoms with Gasteiger partial charge < -0.3 is 10.6 Å². The van der Waals surface area contributed by atoms with E-state index in [2.05, 4.69) is 17.6 Å². The van der Waals surface area contributed by atoms with Gasteiger partial charge in [-0.1, -0.05) is 32.6 Å². The summed E-state index contributed by atoms with van der Waals surface area (Å²) in [5.41, 5.74) is 0. The van der Waals surface area contributed by atoms with Gasteiger partial charge in [-0.3, -0.25) is 0 Å². The summed E-state index contributed by atoms with van der Waals surface area (Å²) in [6.45, 7) is 3.66. The van der Waals surface area contributed by atoms with Crippen molar-refractivity contribution < 1.29 is 4.79 Å². The molecule has 0 saturated heterocycles. The van der Waals surface area contributed by atoms with E-state index in [9.17, 15) is 4.79 Å². The van der Waals surface area contributed by atoms with Crippen LogP contribution in [0.3, 0.4) is 0 Å². The summed E-state index contributed by atoms with van der Waals surface area (Å²) in [6.07, 6.45) is 7.63. The normalized spacial score (nSPS) is 16.9. The minimum atomic E-state index is -0.00940. The Balaban J connectivity index is 1.94. The van der Waals surface area contributed by atoms with Gasteiger partial charge in [-0.2, -0.15) is 0 Å². The summed E-state index contributed by atoms with van der Waals surface area (Å²) in [5.74, 6) is 0.862. The quantitative estimate of drug-likeness (QED) is 0.699. The molecule has 3 heteroatoms. The van der Waals surface area contributed by atoms with Crippen LogP contribution < -0.4 is 10.6 Å². The fourth-order valence-electron chi connectivity index (χ4n) is 1.99. The maximum Gasteiger partial charge on any atom is 0.314 e. The highest BCUT2D eigenvalue weighted by molar-refractivity contribution is 5.73. The zero-order chi connectivity index (χ0) is 10.2. The average molecular weight is 198 g/mol. The van der Waals surface area contributed by atoms with Gasteiger partial charge in [-0.15, -0.1) is 0 Å². The number of nitrogens with one attached hydrogen (secondary N) is 2. The van der Waals surface area contributed by atoms with E-state index in [1.807, 2.05) is 0 Å². The molecule has 2 amide bonds. The second kappa shape index (κ2) is 6.68. The predicted octanol–water partition coefficient (Wildman–Crippen LogP) is 2.28. The summed E-state index contributed by atoms with van der Waals surface area (Å²) in [4.78, 5) is 11.2. The van der Waals surface area contributed by atoms with Crippen LogP contribution in [0.15, 0.2) is 0 Å². The Morgan fingerprint density at radius 1 is 1.21 bits per heavy atom. The number of urea groups is 1. The number of rotatable bonds is 5. The van der Waals surface area contributed by atoms with E-state index >= 15 is 0 Å². The Kier molecular flexibility index (Phi) is 5.42. The molecule has 0 spiro atoms. The molecule has 0 atom stereocenters. The van der Waals surface area contributed by atoms with Crippen molar-refractivity contribution in [2.24, 2.45) is 5.92 Å². The van der Waals surface area contributed by atoms with Gasteiger partial charge in [0.2, 0.25) is 0 Å². The topological polar surface area (TPSA) is 41.1 Å². The van der Waals surface area contributed by atoms with Gasteiger partial charge >= 0.3 is 6.03 Å². The Bertz CT molecular complexity index is 165. The molecule has 0 bridgehead atoms. The van der Waals surface area contributed by atoms with E-state index in [4.69, 9.17) is 0 Å². The highest BCUT2D eigenvalue weighted by Crippen LogP contribution is 2.26. The fraction of sp³-hybridized carbons (Fsp3) is 0.909. The molecule has 0 aliphatic heterocycles. The summed E-state index contributed by atoms with van der Waals surface area (Å²) < 4.78 is 0. The molecule has 1 aliphatic rings. The standard InChI is InChI=1S/C11H22N2O/c1-2-8-12-11(14)13-9-7-10-5-3-4-6-10/h10H,2-9H2,1H3,(H2,12,13,14). The summed E-state index contributed by atoms with van der Waals surface area (Å²) >= 11 is 0. The third-order valence-corrected chi connectivity index (χ3v) is 2.85. The van der Waals surface area contributed by atoms with Crippen LogP contribution >= 0.6 is 0 Å². The zero-order valence-electron chi connectivity index (χ0n) is 9.14. The number of carbonyl (C=O) groups excluding carboxylic acids is 1. The minimum absolute atomic E-state index is 0.00940. The molecule has 0 aromatic heterocycles. The van der Waals surface area contributed by atoms with Crippen LogP contribution in [0.5, 0.6) is 0 Å². The number of hydrogen-bond donors (Lipinski definition) is 2. The third-order valence-electron chi connectivity index (χ3n) is 2.85. The van der Waals surface area contributed by atoms with Gasteiger partial charge in [0.05, 0.1) is 0 Å². The van der Waals surface area contributed by atoms with Gasteiger partial charge in [-0.05, 0) is 18.8 Å². The first kappa shape index (κ1) is 11.3.